The van der Waals surface area contributed by atoms with Crippen molar-refractivity contribution in [3.05, 3.63) is 36.1 Å². The van der Waals surface area contributed by atoms with Crippen molar-refractivity contribution < 1.29 is 9.53 Å². The molecule has 0 saturated carbocycles. The Balaban J connectivity index is 4.28. The van der Waals surface area contributed by atoms with E-state index in [1.54, 1.807) is 32.3 Å². The van der Waals surface area contributed by atoms with Gasteiger partial charge in [-0.2, -0.15) is 0 Å². The fraction of sp³-hybridized carbons (Fsp3) is 0.222. The Morgan fingerprint density at radius 1 is 1.45 bits per heavy atom. The lowest BCUT2D eigenvalue weighted by Gasteiger charge is -1.95. The number of allylic oxidation sites excluding steroid dienone is 4. The number of ether oxygens (including phenoxy) is 1. The van der Waals surface area contributed by atoms with Gasteiger partial charge in [-0.3, -0.25) is 4.79 Å². The summed E-state index contributed by atoms with van der Waals surface area (Å²) in [5, 5.41) is 0. The van der Waals surface area contributed by atoms with Gasteiger partial charge >= 0.3 is 0 Å². The van der Waals surface area contributed by atoms with Crippen LogP contribution in [-0.2, 0) is 9.53 Å². The maximum atomic E-state index is 10.1. The predicted molar refractivity (Wildman–Crippen MR) is 45.1 cm³/mol. The highest BCUT2D eigenvalue weighted by atomic mass is 16.5. The van der Waals surface area contributed by atoms with Crippen LogP contribution in [-0.4, -0.2) is 13.4 Å². The van der Waals surface area contributed by atoms with Gasteiger partial charge in [-0.1, -0.05) is 12.7 Å². The van der Waals surface area contributed by atoms with Crippen LogP contribution in [0.25, 0.3) is 0 Å². The Labute approximate surface area is 66.9 Å². The summed E-state index contributed by atoms with van der Waals surface area (Å²) in [6.07, 6.45) is 5.73. The smallest absolute Gasteiger partial charge is 0.145 e. The van der Waals surface area contributed by atoms with E-state index in [1.807, 2.05) is 0 Å². The molecule has 0 aromatic heterocycles. The Hall–Kier alpha value is -1.31. The average molecular weight is 152 g/mol. The van der Waals surface area contributed by atoms with E-state index in [9.17, 15) is 4.79 Å². The molecule has 0 unspecified atom stereocenters. The van der Waals surface area contributed by atoms with Crippen LogP contribution in [0, 0.1) is 0 Å². The van der Waals surface area contributed by atoms with Crippen LogP contribution in [0.2, 0.25) is 0 Å². The number of carbonyl (C=O) groups excluding carboxylic acids is 1. The van der Waals surface area contributed by atoms with Gasteiger partial charge in [0.15, 0.2) is 0 Å². The molecule has 2 heteroatoms. The third-order valence-corrected chi connectivity index (χ3v) is 1.13. The zero-order valence-corrected chi connectivity index (χ0v) is 6.83. The van der Waals surface area contributed by atoms with Crippen molar-refractivity contribution in [1.29, 1.82) is 0 Å². The highest BCUT2D eigenvalue weighted by molar-refractivity contribution is 5.72. The van der Waals surface area contributed by atoms with Gasteiger partial charge in [-0.15, -0.1) is 0 Å². The first-order chi connectivity index (χ1) is 5.24. The van der Waals surface area contributed by atoms with Gasteiger partial charge in [-0.25, -0.2) is 0 Å². The summed E-state index contributed by atoms with van der Waals surface area (Å²) >= 11 is 0. The van der Waals surface area contributed by atoms with Gasteiger partial charge in [0.2, 0.25) is 0 Å². The second-order valence-corrected chi connectivity index (χ2v) is 2.01. The van der Waals surface area contributed by atoms with Crippen molar-refractivity contribution in [2.75, 3.05) is 7.11 Å². The quantitative estimate of drug-likeness (QED) is 0.266. The molecule has 11 heavy (non-hydrogen) atoms. The van der Waals surface area contributed by atoms with E-state index in [0.717, 1.165) is 6.29 Å². The summed E-state index contributed by atoms with van der Waals surface area (Å²) in [6, 6.07) is 0. The Morgan fingerprint density at radius 3 is 2.45 bits per heavy atom. The number of hydrogen-bond acceptors (Lipinski definition) is 2. The van der Waals surface area contributed by atoms with Crippen LogP contribution >= 0.6 is 0 Å². The average Bonchev–Trinajstić information content (AvgIpc) is 2.06. The predicted octanol–water partition coefficient (Wildman–Crippen LogP) is 1.85. The largest absolute Gasteiger partial charge is 0.497 e. The maximum Gasteiger partial charge on any atom is 0.145 e. The van der Waals surface area contributed by atoms with Crippen LogP contribution in [0.15, 0.2) is 36.1 Å². The van der Waals surface area contributed by atoms with Gasteiger partial charge in [0.25, 0.3) is 0 Å². The summed E-state index contributed by atoms with van der Waals surface area (Å²) in [5.74, 6) is 0.645. The van der Waals surface area contributed by atoms with Gasteiger partial charge in [0.1, 0.15) is 12.0 Å². The van der Waals surface area contributed by atoms with Crippen molar-refractivity contribution >= 4 is 6.29 Å². The van der Waals surface area contributed by atoms with E-state index >= 15 is 0 Å². The van der Waals surface area contributed by atoms with Crippen molar-refractivity contribution in [3.8, 4) is 0 Å². The number of rotatable bonds is 4. The molecular weight excluding hydrogens is 140 g/mol. The molecule has 0 aliphatic rings. The summed E-state index contributed by atoms with van der Waals surface area (Å²) in [4.78, 5) is 10.1. The number of methoxy groups -OCH3 is 1. The molecule has 0 aliphatic heterocycles. The summed E-state index contributed by atoms with van der Waals surface area (Å²) in [6.45, 7) is 5.25. The molecule has 0 aliphatic carbocycles. The summed E-state index contributed by atoms with van der Waals surface area (Å²) in [5.41, 5.74) is 0.654. The van der Waals surface area contributed by atoms with Crippen LogP contribution in [0.4, 0.5) is 0 Å². The first-order valence-electron chi connectivity index (χ1n) is 3.24. The molecule has 0 fully saturated rings. The molecule has 60 valence electrons. The minimum atomic E-state index is 0.645. The lowest BCUT2D eigenvalue weighted by Crippen LogP contribution is -1.80. The molecule has 0 atom stereocenters. The van der Waals surface area contributed by atoms with Crippen molar-refractivity contribution in [2.45, 2.75) is 6.92 Å². The lowest BCUT2D eigenvalue weighted by atomic mass is 10.3. The molecule has 0 amide bonds. The van der Waals surface area contributed by atoms with Gasteiger partial charge in [0, 0.05) is 0 Å². The first-order valence-corrected chi connectivity index (χ1v) is 3.24. The zero-order chi connectivity index (χ0) is 8.69. The van der Waals surface area contributed by atoms with Crippen LogP contribution in [0.5, 0.6) is 0 Å². The molecule has 0 aromatic carbocycles. The number of aldehydes is 1. The van der Waals surface area contributed by atoms with Gasteiger partial charge in [0.05, 0.1) is 7.11 Å². The molecular formula is C9H12O2. The molecule has 0 aromatic rings. The second-order valence-electron chi connectivity index (χ2n) is 2.01. The highest BCUT2D eigenvalue weighted by Gasteiger charge is 1.84. The van der Waals surface area contributed by atoms with Crippen LogP contribution < -0.4 is 0 Å². The molecule has 2 nitrogen and oxygen atoms in total. The van der Waals surface area contributed by atoms with Crippen molar-refractivity contribution in [3.63, 3.8) is 0 Å². The van der Waals surface area contributed by atoms with Crippen LogP contribution in [0.1, 0.15) is 6.92 Å². The molecule has 0 rings (SSSR count). The Kier molecular flexibility index (Phi) is 4.82. The second kappa shape index (κ2) is 5.47. The fourth-order valence-corrected chi connectivity index (χ4v) is 0.472. The Morgan fingerprint density at radius 2 is 2.09 bits per heavy atom. The highest BCUT2D eigenvalue weighted by Crippen LogP contribution is 1.97. The monoisotopic (exact) mass is 152 g/mol. The first kappa shape index (κ1) is 9.69. The summed E-state index contributed by atoms with van der Waals surface area (Å²) < 4.78 is 4.88. The number of carbonyl (C=O) groups is 1. The zero-order valence-electron chi connectivity index (χ0n) is 6.83. The summed E-state index contributed by atoms with van der Waals surface area (Å²) in [7, 11) is 1.55. The van der Waals surface area contributed by atoms with E-state index in [4.69, 9.17) is 4.74 Å². The minimum Gasteiger partial charge on any atom is -0.497 e. The van der Waals surface area contributed by atoms with E-state index in [0.29, 0.717) is 11.3 Å². The van der Waals surface area contributed by atoms with Crippen LogP contribution in [0.3, 0.4) is 0 Å². The number of hydrogen-bond donors (Lipinski definition) is 0. The fourth-order valence-electron chi connectivity index (χ4n) is 0.472. The maximum absolute atomic E-state index is 10.1. The van der Waals surface area contributed by atoms with E-state index in [2.05, 4.69) is 6.58 Å². The molecule has 0 saturated heterocycles. The van der Waals surface area contributed by atoms with E-state index in [1.165, 1.54) is 0 Å². The standard InChI is InChI=1S/C9H12O2/c1-4-9(11-3)6-5-8(2)7-10/h4-7H,1H2,2-3H3/b8-5+,9-6+. The third-order valence-electron chi connectivity index (χ3n) is 1.13. The minimum absolute atomic E-state index is 0.645. The third kappa shape index (κ3) is 4.14. The Bertz CT molecular complexity index is 200. The van der Waals surface area contributed by atoms with E-state index in [-0.39, 0.29) is 0 Å². The molecule has 0 heterocycles. The normalized spacial score (nSPS) is 12.5. The molecule has 0 N–H and O–H groups in total. The van der Waals surface area contributed by atoms with E-state index < -0.39 is 0 Å². The van der Waals surface area contributed by atoms with Gasteiger partial charge in [-0.05, 0) is 24.6 Å². The molecule has 0 spiro atoms. The van der Waals surface area contributed by atoms with Gasteiger partial charge < -0.3 is 4.74 Å². The topological polar surface area (TPSA) is 26.3 Å². The molecule has 0 radical (unpaired) electrons. The molecule has 0 bridgehead atoms. The van der Waals surface area contributed by atoms with Crippen molar-refractivity contribution in [2.24, 2.45) is 0 Å². The SMILES string of the molecule is C=C/C(=C\C=C(/C)C=O)OC. The van der Waals surface area contributed by atoms with Crippen molar-refractivity contribution in [1.82, 2.24) is 0 Å². The lowest BCUT2D eigenvalue weighted by molar-refractivity contribution is -0.104.